The highest BCUT2D eigenvalue weighted by Gasteiger charge is 2.11. The van der Waals surface area contributed by atoms with Crippen molar-refractivity contribution in [3.63, 3.8) is 0 Å². The van der Waals surface area contributed by atoms with Crippen molar-refractivity contribution in [3.8, 4) is 11.4 Å². The molecule has 4 rings (SSSR count). The molecule has 1 fully saturated rings. The van der Waals surface area contributed by atoms with E-state index in [1.807, 2.05) is 37.3 Å². The van der Waals surface area contributed by atoms with Crippen molar-refractivity contribution < 1.29 is 4.74 Å². The maximum Gasteiger partial charge on any atom is 0.161 e. The number of anilines is 4. The summed E-state index contributed by atoms with van der Waals surface area (Å²) in [6.07, 6.45) is 0. The van der Waals surface area contributed by atoms with Crippen LogP contribution < -0.4 is 16.0 Å². The molecule has 0 spiro atoms. The third kappa shape index (κ3) is 4.17. The minimum Gasteiger partial charge on any atom is -0.399 e. The zero-order valence-corrected chi connectivity index (χ0v) is 15.4. The zero-order chi connectivity index (χ0) is 18.6. The molecule has 2 heterocycles. The summed E-state index contributed by atoms with van der Waals surface area (Å²) < 4.78 is 5.41. The van der Waals surface area contributed by atoms with Crippen molar-refractivity contribution >= 4 is 22.9 Å². The lowest BCUT2D eigenvalue weighted by molar-refractivity contribution is 0.122. The predicted molar refractivity (Wildman–Crippen MR) is 109 cm³/mol. The fourth-order valence-electron chi connectivity index (χ4n) is 3.16. The Balaban J connectivity index is 1.54. The van der Waals surface area contributed by atoms with Gasteiger partial charge in [0.1, 0.15) is 5.82 Å². The summed E-state index contributed by atoms with van der Waals surface area (Å²) in [5.41, 5.74) is 10.6. The first-order chi connectivity index (χ1) is 13.2. The number of hydrogen-bond acceptors (Lipinski definition) is 6. The molecule has 0 aliphatic carbocycles. The molecule has 6 nitrogen and oxygen atoms in total. The molecule has 1 aliphatic heterocycles. The summed E-state index contributed by atoms with van der Waals surface area (Å²) in [5, 5.41) is 3.37. The van der Waals surface area contributed by atoms with Gasteiger partial charge >= 0.3 is 0 Å². The second-order valence-electron chi connectivity index (χ2n) is 6.61. The first-order valence-corrected chi connectivity index (χ1v) is 9.09. The normalized spacial score (nSPS) is 14.2. The fourth-order valence-corrected chi connectivity index (χ4v) is 3.16. The second kappa shape index (κ2) is 7.63. The Morgan fingerprint density at radius 1 is 1.00 bits per heavy atom. The van der Waals surface area contributed by atoms with Crippen LogP contribution in [0.25, 0.3) is 11.4 Å². The Hall–Kier alpha value is -3.12. The molecule has 0 unspecified atom stereocenters. The van der Waals surface area contributed by atoms with Gasteiger partial charge in [0.2, 0.25) is 0 Å². The fraction of sp³-hybridized carbons (Fsp3) is 0.238. The summed E-state index contributed by atoms with van der Waals surface area (Å²) in [4.78, 5) is 11.5. The van der Waals surface area contributed by atoms with Gasteiger partial charge in [-0.2, -0.15) is 0 Å². The van der Waals surface area contributed by atoms with E-state index in [2.05, 4.69) is 44.5 Å². The van der Waals surface area contributed by atoms with E-state index >= 15 is 0 Å². The molecule has 3 aromatic rings. The van der Waals surface area contributed by atoms with Gasteiger partial charge in [0.15, 0.2) is 5.82 Å². The quantitative estimate of drug-likeness (QED) is 0.691. The van der Waals surface area contributed by atoms with Crippen LogP contribution in [0.15, 0.2) is 54.6 Å². The predicted octanol–water partition coefficient (Wildman–Crippen LogP) is 3.61. The monoisotopic (exact) mass is 361 g/mol. The number of morpholine rings is 1. The molecule has 3 N–H and O–H groups in total. The van der Waals surface area contributed by atoms with Crippen molar-refractivity contribution in [2.75, 3.05) is 42.3 Å². The van der Waals surface area contributed by atoms with E-state index in [1.165, 1.54) is 5.69 Å². The Kier molecular flexibility index (Phi) is 4.89. The molecule has 6 heteroatoms. The van der Waals surface area contributed by atoms with Gasteiger partial charge in [-0.25, -0.2) is 9.97 Å². The smallest absolute Gasteiger partial charge is 0.161 e. The topological polar surface area (TPSA) is 76.3 Å². The van der Waals surface area contributed by atoms with E-state index in [1.54, 1.807) is 0 Å². The highest BCUT2D eigenvalue weighted by molar-refractivity contribution is 5.65. The lowest BCUT2D eigenvalue weighted by Crippen LogP contribution is -2.36. The Bertz CT molecular complexity index is 920. The number of ether oxygens (including phenoxy) is 1. The molecule has 0 atom stereocenters. The number of aromatic nitrogens is 2. The van der Waals surface area contributed by atoms with E-state index in [9.17, 15) is 0 Å². The van der Waals surface area contributed by atoms with Gasteiger partial charge < -0.3 is 20.7 Å². The van der Waals surface area contributed by atoms with E-state index in [4.69, 9.17) is 10.5 Å². The maximum atomic E-state index is 5.89. The Morgan fingerprint density at radius 2 is 1.78 bits per heavy atom. The molecular formula is C21H23N5O. The van der Waals surface area contributed by atoms with Gasteiger partial charge in [-0.05, 0) is 43.3 Å². The van der Waals surface area contributed by atoms with Crippen LogP contribution in [0.1, 0.15) is 5.69 Å². The summed E-state index contributed by atoms with van der Waals surface area (Å²) in [7, 11) is 0. The van der Waals surface area contributed by atoms with Crippen LogP contribution in [-0.4, -0.2) is 36.3 Å². The molecule has 1 saturated heterocycles. The molecule has 0 radical (unpaired) electrons. The van der Waals surface area contributed by atoms with Crippen molar-refractivity contribution in [1.82, 2.24) is 9.97 Å². The van der Waals surface area contributed by atoms with Crippen LogP contribution >= 0.6 is 0 Å². The maximum absolute atomic E-state index is 5.89. The van der Waals surface area contributed by atoms with Gasteiger partial charge in [0.25, 0.3) is 0 Å². The Labute approximate surface area is 159 Å². The Morgan fingerprint density at radius 3 is 2.52 bits per heavy atom. The highest BCUT2D eigenvalue weighted by atomic mass is 16.5. The van der Waals surface area contributed by atoms with Crippen molar-refractivity contribution in [1.29, 1.82) is 0 Å². The number of rotatable bonds is 4. The molecule has 1 aromatic heterocycles. The number of nitrogens with zero attached hydrogens (tertiary/aromatic N) is 3. The van der Waals surface area contributed by atoms with E-state index in [0.29, 0.717) is 11.5 Å². The second-order valence-corrected chi connectivity index (χ2v) is 6.61. The number of nitrogen functional groups attached to an aromatic ring is 1. The molecule has 2 aromatic carbocycles. The lowest BCUT2D eigenvalue weighted by Gasteiger charge is -2.28. The number of nitrogens with one attached hydrogen (secondary N) is 1. The minimum atomic E-state index is 0.662. The largest absolute Gasteiger partial charge is 0.399 e. The standard InChI is InChI=1S/C21H23N5O/c1-15-13-20(25-21(23-15)16-3-2-4-17(22)14-16)24-18-5-7-19(8-6-18)26-9-11-27-12-10-26/h2-8,13-14H,9-12,22H2,1H3,(H,23,24,25). The van der Waals surface area contributed by atoms with Crippen molar-refractivity contribution in [3.05, 3.63) is 60.3 Å². The van der Waals surface area contributed by atoms with Crippen molar-refractivity contribution in [2.24, 2.45) is 0 Å². The van der Waals surface area contributed by atoms with Gasteiger partial charge in [0, 0.05) is 47.5 Å². The summed E-state index contributed by atoms with van der Waals surface area (Å²) in [6, 6.07) is 17.9. The first-order valence-electron chi connectivity index (χ1n) is 9.09. The summed E-state index contributed by atoms with van der Waals surface area (Å²) in [5.74, 6) is 1.42. The van der Waals surface area contributed by atoms with Gasteiger partial charge in [-0.3, -0.25) is 0 Å². The van der Waals surface area contributed by atoms with Gasteiger partial charge in [-0.1, -0.05) is 12.1 Å². The molecule has 1 aliphatic rings. The third-order valence-corrected chi connectivity index (χ3v) is 4.51. The molecule has 27 heavy (non-hydrogen) atoms. The van der Waals surface area contributed by atoms with Crippen molar-refractivity contribution in [2.45, 2.75) is 6.92 Å². The number of nitrogens with two attached hydrogens (primary N) is 1. The lowest BCUT2D eigenvalue weighted by atomic mass is 10.2. The van der Waals surface area contributed by atoms with E-state index in [-0.39, 0.29) is 0 Å². The molecule has 138 valence electrons. The van der Waals surface area contributed by atoms with E-state index < -0.39 is 0 Å². The van der Waals surface area contributed by atoms with E-state index in [0.717, 1.165) is 49.1 Å². The molecule has 0 saturated carbocycles. The summed E-state index contributed by atoms with van der Waals surface area (Å²) >= 11 is 0. The van der Waals surface area contributed by atoms with Gasteiger partial charge in [0.05, 0.1) is 13.2 Å². The van der Waals surface area contributed by atoms with Crippen LogP contribution in [0, 0.1) is 6.92 Å². The minimum absolute atomic E-state index is 0.662. The van der Waals surface area contributed by atoms with Crippen LogP contribution in [0.4, 0.5) is 22.9 Å². The SMILES string of the molecule is Cc1cc(Nc2ccc(N3CCOCC3)cc2)nc(-c2cccc(N)c2)n1. The average molecular weight is 361 g/mol. The number of aryl methyl sites for hydroxylation is 1. The van der Waals surface area contributed by atoms with Crippen LogP contribution in [0.5, 0.6) is 0 Å². The zero-order valence-electron chi connectivity index (χ0n) is 15.4. The molecule has 0 amide bonds. The summed E-state index contributed by atoms with van der Waals surface area (Å²) in [6.45, 7) is 5.40. The average Bonchev–Trinajstić information content (AvgIpc) is 2.69. The van der Waals surface area contributed by atoms with Crippen LogP contribution in [-0.2, 0) is 4.74 Å². The molecule has 0 bridgehead atoms. The van der Waals surface area contributed by atoms with Crippen LogP contribution in [0.3, 0.4) is 0 Å². The highest BCUT2D eigenvalue weighted by Crippen LogP contribution is 2.24. The van der Waals surface area contributed by atoms with Gasteiger partial charge in [-0.15, -0.1) is 0 Å². The van der Waals surface area contributed by atoms with Crippen LogP contribution in [0.2, 0.25) is 0 Å². The number of benzene rings is 2. The third-order valence-electron chi connectivity index (χ3n) is 4.51. The molecular weight excluding hydrogens is 338 g/mol. The first kappa shape index (κ1) is 17.3. The number of hydrogen-bond donors (Lipinski definition) is 2.